The van der Waals surface area contributed by atoms with Crippen LogP contribution in [0.4, 0.5) is 0 Å². The summed E-state index contributed by atoms with van der Waals surface area (Å²) in [5, 5.41) is 19.6. The molecule has 1 fully saturated rings. The van der Waals surface area contributed by atoms with Crippen molar-refractivity contribution in [3.63, 3.8) is 0 Å². The topological polar surface area (TPSA) is 73.8 Å². The fraction of sp³-hybridized carbons (Fsp3) is 0.778. The largest absolute Gasteiger partial charge is 0.392 e. The van der Waals surface area contributed by atoms with E-state index >= 15 is 0 Å². The highest BCUT2D eigenvalue weighted by atomic mass is 16.3. The van der Waals surface area contributed by atoms with Crippen LogP contribution in [0.15, 0.2) is 0 Å². The molecule has 0 amide bonds. The van der Waals surface area contributed by atoms with Gasteiger partial charge in [-0.05, 0) is 12.8 Å². The molecule has 14 heavy (non-hydrogen) atoms. The SMILES string of the molecule is CCCc1nc([C@@H]2CC(O)CN2)n[nH]1. The number of aromatic nitrogens is 3. The third-order valence-corrected chi connectivity index (χ3v) is 2.46. The normalized spacial score (nSPS) is 27.0. The van der Waals surface area contributed by atoms with Crippen molar-refractivity contribution in [2.75, 3.05) is 6.54 Å². The monoisotopic (exact) mass is 196 g/mol. The second kappa shape index (κ2) is 4.06. The number of hydrogen-bond acceptors (Lipinski definition) is 4. The first-order valence-electron chi connectivity index (χ1n) is 5.12. The number of β-amino-alcohol motifs (C(OH)–C–C–N with tert-alkyl or cyclic N) is 1. The quantitative estimate of drug-likeness (QED) is 0.643. The van der Waals surface area contributed by atoms with Crippen LogP contribution in [0.1, 0.15) is 37.5 Å². The van der Waals surface area contributed by atoms with Crippen LogP contribution in [-0.4, -0.2) is 32.9 Å². The van der Waals surface area contributed by atoms with Gasteiger partial charge in [0.05, 0.1) is 12.1 Å². The first-order valence-corrected chi connectivity index (χ1v) is 5.12. The Labute approximate surface area is 82.9 Å². The summed E-state index contributed by atoms with van der Waals surface area (Å²) in [6.45, 7) is 2.75. The maximum absolute atomic E-state index is 9.34. The lowest BCUT2D eigenvalue weighted by Gasteiger charge is -2.02. The third kappa shape index (κ3) is 1.93. The lowest BCUT2D eigenvalue weighted by molar-refractivity contribution is 0.193. The zero-order chi connectivity index (χ0) is 9.97. The Morgan fingerprint density at radius 3 is 3.07 bits per heavy atom. The van der Waals surface area contributed by atoms with E-state index in [2.05, 4.69) is 27.4 Å². The maximum atomic E-state index is 9.34. The van der Waals surface area contributed by atoms with Crippen molar-refractivity contribution in [1.82, 2.24) is 20.5 Å². The lowest BCUT2D eigenvalue weighted by atomic mass is 10.2. The summed E-state index contributed by atoms with van der Waals surface area (Å²) in [7, 11) is 0. The molecule has 0 saturated carbocycles. The summed E-state index contributed by atoms with van der Waals surface area (Å²) < 4.78 is 0. The van der Waals surface area contributed by atoms with E-state index in [1.807, 2.05) is 0 Å². The molecule has 2 rings (SSSR count). The second-order valence-corrected chi connectivity index (χ2v) is 3.74. The number of nitrogens with zero attached hydrogens (tertiary/aromatic N) is 2. The van der Waals surface area contributed by atoms with Crippen LogP contribution in [0.3, 0.4) is 0 Å². The highest BCUT2D eigenvalue weighted by molar-refractivity contribution is 5.00. The lowest BCUT2D eigenvalue weighted by Crippen LogP contribution is -2.15. The van der Waals surface area contributed by atoms with Gasteiger partial charge < -0.3 is 10.4 Å². The predicted octanol–water partition coefficient (Wildman–Crippen LogP) is 0.152. The van der Waals surface area contributed by atoms with Gasteiger partial charge in [0.15, 0.2) is 5.82 Å². The van der Waals surface area contributed by atoms with Crippen LogP contribution in [0, 0.1) is 0 Å². The van der Waals surface area contributed by atoms with Crippen molar-refractivity contribution in [3.8, 4) is 0 Å². The number of rotatable bonds is 3. The number of aliphatic hydroxyl groups is 1. The molecular formula is C9H16N4O. The van der Waals surface area contributed by atoms with Crippen LogP contribution < -0.4 is 5.32 Å². The van der Waals surface area contributed by atoms with E-state index < -0.39 is 0 Å². The van der Waals surface area contributed by atoms with Gasteiger partial charge >= 0.3 is 0 Å². The fourth-order valence-electron chi connectivity index (χ4n) is 1.73. The van der Waals surface area contributed by atoms with Gasteiger partial charge in [-0.1, -0.05) is 6.92 Å². The van der Waals surface area contributed by atoms with Crippen molar-refractivity contribution in [2.45, 2.75) is 38.3 Å². The van der Waals surface area contributed by atoms with Crippen molar-refractivity contribution in [1.29, 1.82) is 0 Å². The summed E-state index contributed by atoms with van der Waals surface area (Å²) in [5.41, 5.74) is 0. The number of aliphatic hydroxyl groups excluding tert-OH is 1. The van der Waals surface area contributed by atoms with E-state index in [1.54, 1.807) is 0 Å². The molecule has 5 heteroatoms. The van der Waals surface area contributed by atoms with E-state index in [4.69, 9.17) is 0 Å². The molecule has 1 unspecified atom stereocenters. The van der Waals surface area contributed by atoms with Crippen LogP contribution in [0.5, 0.6) is 0 Å². The summed E-state index contributed by atoms with van der Waals surface area (Å²) in [5.74, 6) is 1.72. The average Bonchev–Trinajstić information content (AvgIpc) is 2.74. The molecule has 0 bridgehead atoms. The van der Waals surface area contributed by atoms with E-state index in [0.29, 0.717) is 13.0 Å². The fourth-order valence-corrected chi connectivity index (χ4v) is 1.73. The van der Waals surface area contributed by atoms with Gasteiger partial charge in [-0.25, -0.2) is 4.98 Å². The van der Waals surface area contributed by atoms with Crippen molar-refractivity contribution >= 4 is 0 Å². The molecule has 0 aliphatic carbocycles. The highest BCUT2D eigenvalue weighted by Gasteiger charge is 2.26. The molecule has 0 aromatic carbocycles. The average molecular weight is 196 g/mol. The van der Waals surface area contributed by atoms with Gasteiger partial charge in [0.1, 0.15) is 5.82 Å². The minimum atomic E-state index is -0.256. The first-order chi connectivity index (χ1) is 6.79. The minimum Gasteiger partial charge on any atom is -0.392 e. The Balaban J connectivity index is 2.02. The zero-order valence-corrected chi connectivity index (χ0v) is 8.32. The number of nitrogens with one attached hydrogen (secondary N) is 2. The predicted molar refractivity (Wildman–Crippen MR) is 51.7 cm³/mol. The Morgan fingerprint density at radius 2 is 2.43 bits per heavy atom. The number of aryl methyl sites for hydroxylation is 1. The third-order valence-electron chi connectivity index (χ3n) is 2.46. The van der Waals surface area contributed by atoms with E-state index in [1.165, 1.54) is 0 Å². The van der Waals surface area contributed by atoms with Crippen LogP contribution in [0.2, 0.25) is 0 Å². The molecule has 0 radical (unpaired) electrons. The Morgan fingerprint density at radius 1 is 1.57 bits per heavy atom. The Hall–Kier alpha value is -0.940. The molecule has 1 aliphatic heterocycles. The summed E-state index contributed by atoms with van der Waals surface area (Å²) in [4.78, 5) is 4.38. The van der Waals surface area contributed by atoms with Gasteiger partial charge in [0.25, 0.3) is 0 Å². The molecule has 1 aromatic heterocycles. The molecule has 5 nitrogen and oxygen atoms in total. The first kappa shape index (κ1) is 9.61. The van der Waals surface area contributed by atoms with E-state index in [-0.39, 0.29) is 12.1 Å². The van der Waals surface area contributed by atoms with E-state index in [0.717, 1.165) is 24.5 Å². The molecular weight excluding hydrogens is 180 g/mol. The van der Waals surface area contributed by atoms with Gasteiger partial charge in [-0.15, -0.1) is 0 Å². The molecule has 1 saturated heterocycles. The van der Waals surface area contributed by atoms with Crippen LogP contribution in [0.25, 0.3) is 0 Å². The van der Waals surface area contributed by atoms with Crippen molar-refractivity contribution < 1.29 is 5.11 Å². The smallest absolute Gasteiger partial charge is 0.167 e. The summed E-state index contributed by atoms with van der Waals surface area (Å²) >= 11 is 0. The summed E-state index contributed by atoms with van der Waals surface area (Å²) in [6.07, 6.45) is 2.45. The van der Waals surface area contributed by atoms with Crippen molar-refractivity contribution in [3.05, 3.63) is 11.6 Å². The van der Waals surface area contributed by atoms with Crippen molar-refractivity contribution in [2.24, 2.45) is 0 Å². The molecule has 1 aliphatic rings. The number of H-pyrrole nitrogens is 1. The molecule has 3 N–H and O–H groups in total. The van der Waals surface area contributed by atoms with Gasteiger partial charge in [-0.3, -0.25) is 5.10 Å². The number of aromatic amines is 1. The second-order valence-electron chi connectivity index (χ2n) is 3.74. The number of hydrogen-bond donors (Lipinski definition) is 3. The highest BCUT2D eigenvalue weighted by Crippen LogP contribution is 2.19. The molecule has 1 aromatic rings. The maximum Gasteiger partial charge on any atom is 0.167 e. The zero-order valence-electron chi connectivity index (χ0n) is 8.32. The minimum absolute atomic E-state index is 0.117. The summed E-state index contributed by atoms with van der Waals surface area (Å²) in [6, 6.07) is 0.117. The Kier molecular flexibility index (Phi) is 2.79. The molecule has 2 heterocycles. The molecule has 78 valence electrons. The standard InChI is InChI=1S/C9H16N4O/c1-2-3-8-11-9(13-12-8)7-4-6(14)5-10-7/h6-7,10,14H,2-5H2,1H3,(H,11,12,13)/t6?,7-/m0/s1. The molecule has 2 atom stereocenters. The van der Waals surface area contributed by atoms with E-state index in [9.17, 15) is 5.11 Å². The van der Waals surface area contributed by atoms with Crippen LogP contribution >= 0.6 is 0 Å². The van der Waals surface area contributed by atoms with Gasteiger partial charge in [-0.2, -0.15) is 5.10 Å². The van der Waals surface area contributed by atoms with Gasteiger partial charge in [0, 0.05) is 13.0 Å². The van der Waals surface area contributed by atoms with Gasteiger partial charge in [0.2, 0.25) is 0 Å². The van der Waals surface area contributed by atoms with Crippen LogP contribution in [-0.2, 0) is 6.42 Å². The Bertz CT molecular complexity index is 299. The molecule has 0 spiro atoms.